The molecule has 166 valence electrons. The summed E-state index contributed by atoms with van der Waals surface area (Å²) in [6.45, 7) is 4.78. The van der Waals surface area contributed by atoms with E-state index in [0.29, 0.717) is 29.6 Å². The van der Waals surface area contributed by atoms with Crippen LogP contribution in [0.4, 0.5) is 0 Å². The molecule has 3 fully saturated rings. The second kappa shape index (κ2) is 7.55. The van der Waals surface area contributed by atoms with Crippen LogP contribution in [-0.4, -0.2) is 29.7 Å². The van der Waals surface area contributed by atoms with Crippen LogP contribution < -0.4 is 0 Å². The van der Waals surface area contributed by atoms with Crippen LogP contribution in [0.25, 0.3) is 0 Å². The highest BCUT2D eigenvalue weighted by Crippen LogP contribution is 2.66. The SMILES string of the molecule is CN1C(=O)C=C[C@@]2(C)C1CC[C@@H]1[C@H]2CC[C@]2(C)C(C(=O)c3c(Br)cccc3Br)CC[C@@H]12. The van der Waals surface area contributed by atoms with E-state index in [9.17, 15) is 9.59 Å². The minimum atomic E-state index is 0.0560. The van der Waals surface area contributed by atoms with E-state index in [4.69, 9.17) is 0 Å². The molecule has 0 saturated heterocycles. The number of carbonyl (C=O) groups is 2. The van der Waals surface area contributed by atoms with E-state index in [0.717, 1.165) is 46.6 Å². The summed E-state index contributed by atoms with van der Waals surface area (Å²) in [5, 5.41) is 0. The third-order valence-electron chi connectivity index (χ3n) is 9.65. The molecule has 1 amide bonds. The minimum absolute atomic E-state index is 0.0560. The van der Waals surface area contributed by atoms with Crippen LogP contribution in [0.5, 0.6) is 0 Å². The predicted molar refractivity (Wildman–Crippen MR) is 130 cm³/mol. The number of likely N-dealkylation sites (N-methyl/N-ethyl adjacent to an activating group) is 1. The summed E-state index contributed by atoms with van der Waals surface area (Å²) in [4.78, 5) is 28.0. The van der Waals surface area contributed by atoms with Gasteiger partial charge in [0.2, 0.25) is 5.91 Å². The van der Waals surface area contributed by atoms with Gasteiger partial charge in [0, 0.05) is 38.9 Å². The van der Waals surface area contributed by atoms with Gasteiger partial charge in [-0.3, -0.25) is 9.59 Å². The van der Waals surface area contributed by atoms with Gasteiger partial charge < -0.3 is 4.90 Å². The van der Waals surface area contributed by atoms with E-state index < -0.39 is 0 Å². The van der Waals surface area contributed by atoms with Crippen molar-refractivity contribution in [2.24, 2.45) is 34.5 Å². The number of benzene rings is 1. The van der Waals surface area contributed by atoms with Crippen molar-refractivity contribution < 1.29 is 9.59 Å². The van der Waals surface area contributed by atoms with E-state index in [-0.39, 0.29) is 22.7 Å². The molecule has 0 N–H and O–H groups in total. The van der Waals surface area contributed by atoms with Gasteiger partial charge in [0.25, 0.3) is 0 Å². The normalized spacial score (nSPS) is 41.5. The molecule has 5 heteroatoms. The monoisotopic (exact) mass is 547 g/mol. The molecule has 5 rings (SSSR count). The topological polar surface area (TPSA) is 37.4 Å². The molecule has 4 aliphatic rings. The number of halogens is 2. The number of hydrogen-bond donors (Lipinski definition) is 0. The molecule has 0 spiro atoms. The summed E-state index contributed by atoms with van der Waals surface area (Å²) < 4.78 is 1.78. The standard InChI is InChI=1S/C26H31Br2NO2/c1-25-13-11-17-15(7-10-21-26(17,2)14-12-22(30)29(21)3)16(25)8-9-18(25)24(31)23-19(27)5-4-6-20(23)28/h4-6,12,14-18,21H,7-11,13H2,1-3H3/t15-,16-,17+,18?,21?,25-,26+/m0/s1. The number of rotatable bonds is 2. The van der Waals surface area contributed by atoms with E-state index in [2.05, 4.69) is 51.8 Å². The lowest BCUT2D eigenvalue weighted by molar-refractivity contribution is -0.138. The maximum atomic E-state index is 13.8. The van der Waals surface area contributed by atoms with Crippen LogP contribution in [0.3, 0.4) is 0 Å². The highest BCUT2D eigenvalue weighted by Gasteiger charge is 2.61. The maximum Gasteiger partial charge on any atom is 0.246 e. The molecule has 3 nitrogen and oxygen atoms in total. The van der Waals surface area contributed by atoms with E-state index in [1.165, 1.54) is 6.42 Å². The van der Waals surface area contributed by atoms with Gasteiger partial charge in [-0.25, -0.2) is 0 Å². The van der Waals surface area contributed by atoms with Crippen LogP contribution in [0.2, 0.25) is 0 Å². The van der Waals surface area contributed by atoms with Crippen LogP contribution in [-0.2, 0) is 4.79 Å². The van der Waals surface area contributed by atoms with Crippen molar-refractivity contribution in [2.45, 2.75) is 58.4 Å². The van der Waals surface area contributed by atoms with Crippen LogP contribution >= 0.6 is 31.9 Å². The zero-order valence-corrected chi connectivity index (χ0v) is 21.7. The van der Waals surface area contributed by atoms with Crippen LogP contribution in [0.1, 0.15) is 62.7 Å². The Morgan fingerprint density at radius 1 is 1.03 bits per heavy atom. The first kappa shape index (κ1) is 21.9. The molecule has 2 unspecified atom stereocenters. The third kappa shape index (κ3) is 3.08. The first-order valence-electron chi connectivity index (χ1n) is 11.6. The average Bonchev–Trinajstić information content (AvgIpc) is 3.08. The number of ketones is 1. The highest BCUT2D eigenvalue weighted by molar-refractivity contribution is 9.11. The Hall–Kier alpha value is -0.940. The molecule has 1 aliphatic heterocycles. The molecule has 3 saturated carbocycles. The molecule has 1 aromatic carbocycles. The average molecular weight is 549 g/mol. The van der Waals surface area contributed by atoms with Crippen molar-refractivity contribution in [3.63, 3.8) is 0 Å². The van der Waals surface area contributed by atoms with Crippen molar-refractivity contribution in [3.05, 3.63) is 44.9 Å². The quantitative estimate of drug-likeness (QED) is 0.388. The Morgan fingerprint density at radius 3 is 2.45 bits per heavy atom. The number of nitrogens with zero attached hydrogens (tertiary/aromatic N) is 1. The van der Waals surface area contributed by atoms with Crippen molar-refractivity contribution in [2.75, 3.05) is 7.05 Å². The van der Waals surface area contributed by atoms with Crippen molar-refractivity contribution in [1.82, 2.24) is 4.90 Å². The summed E-state index contributed by atoms with van der Waals surface area (Å²) in [5.41, 5.74) is 0.930. The predicted octanol–water partition coefficient (Wildman–Crippen LogP) is 6.65. The molecule has 3 aliphatic carbocycles. The van der Waals surface area contributed by atoms with Crippen molar-refractivity contribution in [1.29, 1.82) is 0 Å². The zero-order chi connectivity index (χ0) is 22.1. The highest BCUT2D eigenvalue weighted by atomic mass is 79.9. The van der Waals surface area contributed by atoms with Crippen LogP contribution in [0.15, 0.2) is 39.3 Å². The van der Waals surface area contributed by atoms with Crippen LogP contribution in [0, 0.1) is 34.5 Å². The van der Waals surface area contributed by atoms with Gasteiger partial charge in [-0.2, -0.15) is 0 Å². The lowest BCUT2D eigenvalue weighted by atomic mass is 9.47. The lowest BCUT2D eigenvalue weighted by Gasteiger charge is -2.60. The Labute approximate surface area is 202 Å². The Bertz CT molecular complexity index is 954. The van der Waals surface area contributed by atoms with Gasteiger partial charge in [-0.1, -0.05) is 57.8 Å². The molecule has 0 bridgehead atoms. The number of Topliss-reactive ketones (excluding diaryl/α,β-unsaturated/α-hetero) is 1. The second-order valence-corrected chi connectivity index (χ2v) is 12.5. The third-order valence-corrected chi connectivity index (χ3v) is 11.0. The Morgan fingerprint density at radius 2 is 1.74 bits per heavy atom. The van der Waals surface area contributed by atoms with E-state index >= 15 is 0 Å². The second-order valence-electron chi connectivity index (χ2n) is 10.8. The first-order valence-corrected chi connectivity index (χ1v) is 13.2. The van der Waals surface area contributed by atoms with Gasteiger partial charge >= 0.3 is 0 Å². The summed E-state index contributed by atoms with van der Waals surface area (Å²) in [7, 11) is 1.97. The Kier molecular flexibility index (Phi) is 5.33. The number of amides is 1. The molecular weight excluding hydrogens is 518 g/mol. The van der Waals surface area contributed by atoms with Gasteiger partial charge in [-0.05, 0) is 79.9 Å². The maximum absolute atomic E-state index is 13.8. The summed E-state index contributed by atoms with van der Waals surface area (Å²) in [6, 6.07) is 6.22. The Balaban J connectivity index is 1.46. The molecule has 1 heterocycles. The molecular formula is C26H31Br2NO2. The lowest BCUT2D eigenvalue weighted by Crippen LogP contribution is -2.59. The van der Waals surface area contributed by atoms with Gasteiger partial charge in [0.05, 0.1) is 0 Å². The molecule has 0 aromatic heterocycles. The fourth-order valence-corrected chi connectivity index (χ4v) is 9.47. The first-order chi connectivity index (χ1) is 14.7. The number of carbonyl (C=O) groups excluding carboxylic acids is 2. The van der Waals surface area contributed by atoms with Gasteiger partial charge in [0.1, 0.15) is 0 Å². The molecule has 1 aromatic rings. The van der Waals surface area contributed by atoms with Gasteiger partial charge in [0.15, 0.2) is 5.78 Å². The number of hydrogen-bond acceptors (Lipinski definition) is 2. The summed E-state index contributed by atoms with van der Waals surface area (Å²) >= 11 is 7.24. The van der Waals surface area contributed by atoms with Crippen molar-refractivity contribution >= 4 is 43.6 Å². The van der Waals surface area contributed by atoms with Gasteiger partial charge in [-0.15, -0.1) is 0 Å². The smallest absolute Gasteiger partial charge is 0.246 e. The molecule has 31 heavy (non-hydrogen) atoms. The largest absolute Gasteiger partial charge is 0.338 e. The molecule has 0 radical (unpaired) electrons. The molecule has 7 atom stereocenters. The summed E-state index contributed by atoms with van der Waals surface area (Å²) in [5.74, 6) is 2.37. The fourth-order valence-electron chi connectivity index (χ4n) is 8.08. The zero-order valence-electron chi connectivity index (χ0n) is 18.5. The van der Waals surface area contributed by atoms with E-state index in [1.807, 2.05) is 30.1 Å². The minimum Gasteiger partial charge on any atom is -0.338 e. The number of fused-ring (bicyclic) bond motifs is 5. The fraction of sp³-hybridized carbons (Fsp3) is 0.615. The summed E-state index contributed by atoms with van der Waals surface area (Å²) in [6.07, 6.45) is 10.7. The van der Waals surface area contributed by atoms with Crippen molar-refractivity contribution in [3.8, 4) is 0 Å². The van der Waals surface area contributed by atoms with E-state index in [1.54, 1.807) is 6.08 Å².